The van der Waals surface area contributed by atoms with E-state index in [1.54, 1.807) is 24.3 Å². The van der Waals surface area contributed by atoms with Crippen molar-refractivity contribution in [2.24, 2.45) is 0 Å². The van der Waals surface area contributed by atoms with Crippen molar-refractivity contribution in [1.29, 1.82) is 5.26 Å². The number of carbonyl (C=O) groups excluding carboxylic acids is 1. The molecule has 0 heterocycles. The summed E-state index contributed by atoms with van der Waals surface area (Å²) in [6.45, 7) is 0. The third-order valence-corrected chi connectivity index (χ3v) is 4.67. The van der Waals surface area contributed by atoms with E-state index in [-0.39, 0.29) is 11.3 Å². The predicted octanol–water partition coefficient (Wildman–Crippen LogP) is 4.97. The largest absolute Gasteiger partial charge is 0.477 e. The fraction of sp³-hybridized carbons (Fsp3) is 0. The first-order valence-electron chi connectivity index (χ1n) is 8.75. The van der Waals surface area contributed by atoms with Crippen LogP contribution in [0.2, 0.25) is 0 Å². The van der Waals surface area contributed by atoms with E-state index in [2.05, 4.69) is 21.2 Å². The Morgan fingerprint density at radius 1 is 1.00 bits per heavy atom. The summed E-state index contributed by atoms with van der Waals surface area (Å²) < 4.78 is 6.59. The fourth-order valence-corrected chi connectivity index (χ4v) is 2.86. The molecule has 3 aromatic rings. The number of halogens is 1. The molecule has 0 spiro atoms. The Morgan fingerprint density at radius 3 is 2.27 bits per heavy atom. The van der Waals surface area contributed by atoms with Gasteiger partial charge in [-0.2, -0.15) is 5.26 Å². The number of rotatable bonds is 6. The molecule has 0 bridgehead atoms. The van der Waals surface area contributed by atoms with Crippen LogP contribution in [0.15, 0.2) is 83.0 Å². The van der Waals surface area contributed by atoms with Gasteiger partial charge in [-0.05, 0) is 76.1 Å². The lowest BCUT2D eigenvalue weighted by molar-refractivity contribution is -0.132. The number of para-hydroxylation sites is 1. The van der Waals surface area contributed by atoms with Crippen molar-refractivity contribution < 1.29 is 19.4 Å². The van der Waals surface area contributed by atoms with Crippen LogP contribution in [0.25, 0.3) is 6.08 Å². The molecule has 0 fully saturated rings. The summed E-state index contributed by atoms with van der Waals surface area (Å²) in [6.07, 6.45) is 1.35. The van der Waals surface area contributed by atoms with Gasteiger partial charge in [0.05, 0.1) is 16.1 Å². The number of nitrogens with one attached hydrogen (secondary N) is 1. The van der Waals surface area contributed by atoms with E-state index in [1.165, 1.54) is 30.3 Å². The molecule has 0 aromatic heterocycles. The molecule has 0 radical (unpaired) electrons. The summed E-state index contributed by atoms with van der Waals surface area (Å²) in [5.74, 6) is -0.619. The zero-order valence-electron chi connectivity index (χ0n) is 15.5. The van der Waals surface area contributed by atoms with Crippen LogP contribution in [0, 0.1) is 11.3 Å². The summed E-state index contributed by atoms with van der Waals surface area (Å²) in [5.41, 5.74) is 0.958. The van der Waals surface area contributed by atoms with E-state index < -0.39 is 11.9 Å². The molecule has 0 saturated carbocycles. The highest BCUT2D eigenvalue weighted by Crippen LogP contribution is 2.29. The van der Waals surface area contributed by atoms with Crippen molar-refractivity contribution in [3.63, 3.8) is 0 Å². The average molecular weight is 463 g/mol. The maximum atomic E-state index is 12.3. The molecule has 6 nitrogen and oxygen atoms in total. The first-order chi connectivity index (χ1) is 14.5. The molecule has 1 amide bonds. The highest BCUT2D eigenvalue weighted by Gasteiger charge is 2.13. The summed E-state index contributed by atoms with van der Waals surface area (Å²) in [4.78, 5) is 23.9. The molecule has 148 valence electrons. The minimum absolute atomic E-state index is 0.248. The first kappa shape index (κ1) is 20.8. The minimum Gasteiger partial charge on any atom is -0.477 e. The lowest BCUT2D eigenvalue weighted by Gasteiger charge is -2.08. The normalized spacial score (nSPS) is 10.7. The van der Waals surface area contributed by atoms with E-state index in [4.69, 9.17) is 10.00 Å². The van der Waals surface area contributed by atoms with E-state index in [0.29, 0.717) is 22.6 Å². The van der Waals surface area contributed by atoms with Crippen molar-refractivity contribution >= 4 is 33.9 Å². The highest BCUT2D eigenvalue weighted by molar-refractivity contribution is 9.10. The number of ether oxygens (including phenoxy) is 1. The van der Waals surface area contributed by atoms with E-state index in [0.717, 1.165) is 4.47 Å². The summed E-state index contributed by atoms with van der Waals surface area (Å²) >= 11 is 3.41. The highest BCUT2D eigenvalue weighted by atomic mass is 79.9. The topological polar surface area (TPSA) is 99.4 Å². The molecule has 3 aromatic carbocycles. The maximum absolute atomic E-state index is 12.3. The quantitative estimate of drug-likeness (QED) is 0.503. The van der Waals surface area contributed by atoms with Gasteiger partial charge in [-0.3, -0.25) is 4.79 Å². The number of aliphatic carboxylic acids is 1. The molecule has 7 heteroatoms. The van der Waals surface area contributed by atoms with Gasteiger partial charge in [0.2, 0.25) is 0 Å². The number of hydrogen-bond donors (Lipinski definition) is 2. The van der Waals surface area contributed by atoms with E-state index in [1.807, 2.05) is 30.3 Å². The Labute approximate surface area is 181 Å². The molecule has 0 aliphatic rings. The Hall–Kier alpha value is -3.89. The van der Waals surface area contributed by atoms with Crippen LogP contribution in [-0.2, 0) is 4.79 Å². The molecule has 0 atom stereocenters. The maximum Gasteiger partial charge on any atom is 0.352 e. The van der Waals surface area contributed by atoms with Gasteiger partial charge in [-0.25, -0.2) is 4.79 Å². The second-order valence-electron chi connectivity index (χ2n) is 6.11. The molecule has 0 aliphatic heterocycles. The summed E-state index contributed by atoms with van der Waals surface area (Å²) in [6, 6.07) is 22.0. The molecule has 0 saturated heterocycles. The molecule has 0 unspecified atom stereocenters. The van der Waals surface area contributed by atoms with Gasteiger partial charge >= 0.3 is 5.97 Å². The SMILES string of the molecule is N#Cc1ccc(C(=O)N/C(=C/c2ccc(Oc3ccccc3Br)cc2)C(=O)O)cc1. The minimum atomic E-state index is -1.27. The third kappa shape index (κ3) is 5.34. The number of amides is 1. The molecule has 2 N–H and O–H groups in total. The number of carbonyl (C=O) groups is 2. The average Bonchev–Trinajstić information content (AvgIpc) is 2.76. The molecular formula is C23H15BrN2O4. The lowest BCUT2D eigenvalue weighted by Crippen LogP contribution is -2.27. The number of nitriles is 1. The van der Waals surface area contributed by atoms with Gasteiger partial charge in [0.15, 0.2) is 0 Å². The van der Waals surface area contributed by atoms with Crippen LogP contribution in [-0.4, -0.2) is 17.0 Å². The van der Waals surface area contributed by atoms with Crippen LogP contribution >= 0.6 is 15.9 Å². The van der Waals surface area contributed by atoms with Gasteiger partial charge in [0.1, 0.15) is 17.2 Å². The number of carboxylic acids is 1. The smallest absolute Gasteiger partial charge is 0.352 e. The monoisotopic (exact) mass is 462 g/mol. The predicted molar refractivity (Wildman–Crippen MR) is 115 cm³/mol. The van der Waals surface area contributed by atoms with Crippen LogP contribution in [0.3, 0.4) is 0 Å². The first-order valence-corrected chi connectivity index (χ1v) is 9.54. The Bertz CT molecular complexity index is 1150. The second-order valence-corrected chi connectivity index (χ2v) is 6.96. The molecule has 30 heavy (non-hydrogen) atoms. The molecule has 3 rings (SSSR count). The van der Waals surface area contributed by atoms with Crippen LogP contribution < -0.4 is 10.1 Å². The van der Waals surface area contributed by atoms with Crippen LogP contribution in [0.4, 0.5) is 0 Å². The Morgan fingerprint density at radius 2 is 1.67 bits per heavy atom. The standard InChI is InChI=1S/C23H15BrN2O4/c24-19-3-1-2-4-21(19)30-18-11-7-15(8-12-18)13-20(23(28)29)26-22(27)17-9-5-16(14-25)6-10-17/h1-13H,(H,26,27)(H,28,29)/b20-13+. The number of benzene rings is 3. The van der Waals surface area contributed by atoms with Crippen molar-refractivity contribution in [3.05, 3.63) is 99.7 Å². The Kier molecular flexibility index (Phi) is 6.63. The van der Waals surface area contributed by atoms with E-state index in [9.17, 15) is 14.7 Å². The zero-order chi connectivity index (χ0) is 21.5. The molecular weight excluding hydrogens is 448 g/mol. The Balaban J connectivity index is 1.74. The van der Waals surface area contributed by atoms with Crippen LogP contribution in [0.5, 0.6) is 11.5 Å². The fourth-order valence-electron chi connectivity index (χ4n) is 2.50. The van der Waals surface area contributed by atoms with E-state index >= 15 is 0 Å². The number of hydrogen-bond acceptors (Lipinski definition) is 4. The second kappa shape index (κ2) is 9.54. The molecule has 0 aliphatic carbocycles. The van der Waals surface area contributed by atoms with Crippen molar-refractivity contribution in [1.82, 2.24) is 5.32 Å². The van der Waals surface area contributed by atoms with Gasteiger partial charge < -0.3 is 15.2 Å². The summed E-state index contributed by atoms with van der Waals surface area (Å²) in [5, 5.41) is 20.6. The van der Waals surface area contributed by atoms with Crippen molar-refractivity contribution in [2.45, 2.75) is 0 Å². The number of nitrogens with zero attached hydrogens (tertiary/aromatic N) is 1. The number of carboxylic acid groups (broad SMARTS) is 1. The third-order valence-electron chi connectivity index (χ3n) is 4.01. The lowest BCUT2D eigenvalue weighted by atomic mass is 10.1. The van der Waals surface area contributed by atoms with Gasteiger partial charge in [0, 0.05) is 5.56 Å². The van der Waals surface area contributed by atoms with Gasteiger partial charge in [-0.1, -0.05) is 24.3 Å². The zero-order valence-corrected chi connectivity index (χ0v) is 17.1. The van der Waals surface area contributed by atoms with Gasteiger partial charge in [0.25, 0.3) is 5.91 Å². The van der Waals surface area contributed by atoms with Crippen LogP contribution in [0.1, 0.15) is 21.5 Å². The van der Waals surface area contributed by atoms with Crippen molar-refractivity contribution in [2.75, 3.05) is 0 Å². The summed E-state index contributed by atoms with van der Waals surface area (Å²) in [7, 11) is 0. The van der Waals surface area contributed by atoms with Gasteiger partial charge in [-0.15, -0.1) is 0 Å². The van der Waals surface area contributed by atoms with Crippen molar-refractivity contribution in [3.8, 4) is 17.6 Å².